The molecule has 2 aromatic rings. The summed E-state index contributed by atoms with van der Waals surface area (Å²) in [6.45, 7) is 8.12. The van der Waals surface area contributed by atoms with Crippen molar-refractivity contribution in [3.05, 3.63) is 47.0 Å². The fourth-order valence-corrected chi connectivity index (χ4v) is 2.24. The van der Waals surface area contributed by atoms with E-state index in [2.05, 4.69) is 9.97 Å². The summed E-state index contributed by atoms with van der Waals surface area (Å²) in [4.78, 5) is 21.4. The van der Waals surface area contributed by atoms with Gasteiger partial charge in [0.15, 0.2) is 6.10 Å². The molecule has 1 amide bonds. The number of aryl methyl sites for hydroxylation is 3. The van der Waals surface area contributed by atoms with Crippen molar-refractivity contribution in [1.29, 1.82) is 0 Å². The Labute approximate surface area is 131 Å². The molecule has 0 aliphatic rings. The Morgan fingerprint density at radius 2 is 2.09 bits per heavy atom. The van der Waals surface area contributed by atoms with Crippen LogP contribution in [-0.2, 0) is 11.3 Å². The summed E-state index contributed by atoms with van der Waals surface area (Å²) in [5.41, 5.74) is 3.12. The second kappa shape index (κ2) is 6.64. The topological polar surface area (TPSA) is 58.2 Å². The summed E-state index contributed by atoms with van der Waals surface area (Å²) in [5.74, 6) is 1.45. The van der Waals surface area contributed by atoms with Crippen molar-refractivity contribution in [1.82, 2.24) is 14.9 Å². The first-order valence-corrected chi connectivity index (χ1v) is 7.36. The minimum absolute atomic E-state index is 0.0741. The van der Waals surface area contributed by atoms with Gasteiger partial charge < -0.3 is 14.6 Å². The van der Waals surface area contributed by atoms with Crippen LogP contribution < -0.4 is 4.74 Å². The molecule has 1 N–H and O–H groups in total. The van der Waals surface area contributed by atoms with E-state index in [1.165, 1.54) is 0 Å². The summed E-state index contributed by atoms with van der Waals surface area (Å²) in [7, 11) is 1.75. The molecule has 5 heteroatoms. The number of benzene rings is 1. The number of hydrogen-bond acceptors (Lipinski definition) is 3. The number of amides is 1. The van der Waals surface area contributed by atoms with Gasteiger partial charge in [-0.25, -0.2) is 4.98 Å². The zero-order chi connectivity index (χ0) is 16.3. The van der Waals surface area contributed by atoms with Gasteiger partial charge >= 0.3 is 0 Å². The van der Waals surface area contributed by atoms with Crippen LogP contribution in [0.1, 0.15) is 29.6 Å². The molecule has 0 fully saturated rings. The maximum atomic E-state index is 12.4. The normalized spacial score (nSPS) is 12.0. The van der Waals surface area contributed by atoms with Crippen molar-refractivity contribution in [3.63, 3.8) is 0 Å². The molecule has 0 aliphatic heterocycles. The second-order valence-electron chi connectivity index (χ2n) is 5.74. The molecular weight excluding hydrogens is 278 g/mol. The molecule has 5 nitrogen and oxygen atoms in total. The molecule has 0 saturated heterocycles. The van der Waals surface area contributed by atoms with E-state index in [9.17, 15) is 4.79 Å². The lowest BCUT2D eigenvalue weighted by atomic mass is 10.1. The van der Waals surface area contributed by atoms with Gasteiger partial charge in [0.05, 0.1) is 6.54 Å². The fourth-order valence-electron chi connectivity index (χ4n) is 2.24. The number of likely N-dealkylation sites (N-methyl/N-ethyl adjacent to an activating group) is 1. The van der Waals surface area contributed by atoms with Gasteiger partial charge in [-0.15, -0.1) is 0 Å². The van der Waals surface area contributed by atoms with Crippen molar-refractivity contribution in [3.8, 4) is 5.75 Å². The lowest BCUT2D eigenvalue weighted by Gasteiger charge is -2.22. The average Bonchev–Trinajstić information content (AvgIpc) is 2.87. The van der Waals surface area contributed by atoms with Gasteiger partial charge in [-0.05, 0) is 44.9 Å². The summed E-state index contributed by atoms with van der Waals surface area (Å²) in [6, 6.07) is 5.98. The third kappa shape index (κ3) is 3.87. The SMILES string of the molecule is Cc1ccc(C)c(OC(C)C(=O)N(C)Cc2ncc(C)[nH]2)c1. The van der Waals surface area contributed by atoms with Gasteiger partial charge in [-0.1, -0.05) is 12.1 Å². The lowest BCUT2D eigenvalue weighted by molar-refractivity contribution is -0.137. The molecule has 1 aromatic heterocycles. The number of rotatable bonds is 5. The fraction of sp³-hybridized carbons (Fsp3) is 0.412. The molecule has 0 spiro atoms. The van der Waals surface area contributed by atoms with E-state index in [0.29, 0.717) is 6.54 Å². The first kappa shape index (κ1) is 16.1. The van der Waals surface area contributed by atoms with Crippen LogP contribution in [0.2, 0.25) is 0 Å². The molecule has 118 valence electrons. The first-order valence-electron chi connectivity index (χ1n) is 7.36. The Morgan fingerprint density at radius 1 is 1.36 bits per heavy atom. The second-order valence-corrected chi connectivity index (χ2v) is 5.74. The number of carbonyl (C=O) groups is 1. The average molecular weight is 301 g/mol. The van der Waals surface area contributed by atoms with Crippen molar-refractivity contribution in [2.24, 2.45) is 0 Å². The van der Waals surface area contributed by atoms with Crippen LogP contribution in [0, 0.1) is 20.8 Å². The van der Waals surface area contributed by atoms with Crippen LogP contribution in [0.4, 0.5) is 0 Å². The van der Waals surface area contributed by atoms with Crippen LogP contribution in [0.15, 0.2) is 24.4 Å². The standard InChI is InChI=1S/C17H23N3O2/c1-11-6-7-12(2)15(8-11)22-14(4)17(21)20(5)10-16-18-9-13(3)19-16/h6-9,14H,10H2,1-5H3,(H,18,19). The van der Waals surface area contributed by atoms with Gasteiger partial charge in [-0.2, -0.15) is 0 Å². The maximum absolute atomic E-state index is 12.4. The van der Waals surface area contributed by atoms with E-state index in [0.717, 1.165) is 28.4 Å². The van der Waals surface area contributed by atoms with Crippen LogP contribution in [-0.4, -0.2) is 33.9 Å². The predicted octanol–water partition coefficient (Wildman–Crippen LogP) is 2.76. The Bertz CT molecular complexity index is 664. The highest BCUT2D eigenvalue weighted by Gasteiger charge is 2.20. The van der Waals surface area contributed by atoms with Gasteiger partial charge in [0, 0.05) is 18.9 Å². The van der Waals surface area contributed by atoms with Crippen LogP contribution in [0.3, 0.4) is 0 Å². The number of ether oxygens (including phenoxy) is 1. The van der Waals surface area contributed by atoms with E-state index in [1.807, 2.05) is 39.0 Å². The van der Waals surface area contributed by atoms with E-state index in [-0.39, 0.29) is 5.91 Å². The third-order valence-corrected chi connectivity index (χ3v) is 3.51. The number of aromatic amines is 1. The van der Waals surface area contributed by atoms with Crippen molar-refractivity contribution >= 4 is 5.91 Å². The minimum Gasteiger partial charge on any atom is -0.481 e. The van der Waals surface area contributed by atoms with Gasteiger partial charge in [-0.3, -0.25) is 4.79 Å². The summed E-state index contributed by atoms with van der Waals surface area (Å²) < 4.78 is 5.83. The Morgan fingerprint density at radius 3 is 2.73 bits per heavy atom. The zero-order valence-corrected chi connectivity index (χ0v) is 13.8. The van der Waals surface area contributed by atoms with Crippen LogP contribution in [0.25, 0.3) is 0 Å². The quantitative estimate of drug-likeness (QED) is 0.924. The highest BCUT2D eigenvalue weighted by molar-refractivity contribution is 5.80. The van der Waals surface area contributed by atoms with E-state index >= 15 is 0 Å². The van der Waals surface area contributed by atoms with Gasteiger partial charge in [0.25, 0.3) is 5.91 Å². The molecule has 2 rings (SSSR count). The minimum atomic E-state index is -0.540. The highest BCUT2D eigenvalue weighted by Crippen LogP contribution is 2.21. The molecule has 0 saturated carbocycles. The number of H-pyrrole nitrogens is 1. The molecular formula is C17H23N3O2. The Kier molecular flexibility index (Phi) is 4.85. The lowest BCUT2D eigenvalue weighted by Crippen LogP contribution is -2.37. The van der Waals surface area contributed by atoms with Crippen LogP contribution >= 0.6 is 0 Å². The maximum Gasteiger partial charge on any atom is 0.263 e. The van der Waals surface area contributed by atoms with E-state index < -0.39 is 6.10 Å². The van der Waals surface area contributed by atoms with Crippen molar-refractivity contribution in [2.45, 2.75) is 40.3 Å². The summed E-state index contributed by atoms with van der Waals surface area (Å²) in [5, 5.41) is 0. The summed E-state index contributed by atoms with van der Waals surface area (Å²) in [6.07, 6.45) is 1.21. The van der Waals surface area contributed by atoms with Gasteiger partial charge in [0.1, 0.15) is 11.6 Å². The molecule has 1 heterocycles. The molecule has 0 aliphatic carbocycles. The molecule has 1 atom stereocenters. The van der Waals surface area contributed by atoms with E-state index in [4.69, 9.17) is 4.74 Å². The third-order valence-electron chi connectivity index (χ3n) is 3.51. The number of hydrogen-bond donors (Lipinski definition) is 1. The number of imidazole rings is 1. The molecule has 22 heavy (non-hydrogen) atoms. The molecule has 0 radical (unpaired) electrons. The molecule has 0 bridgehead atoms. The largest absolute Gasteiger partial charge is 0.481 e. The van der Waals surface area contributed by atoms with Crippen LogP contribution in [0.5, 0.6) is 5.75 Å². The number of nitrogens with one attached hydrogen (secondary N) is 1. The van der Waals surface area contributed by atoms with Crippen molar-refractivity contribution in [2.75, 3.05) is 7.05 Å². The monoisotopic (exact) mass is 301 g/mol. The Balaban J connectivity index is 2.00. The van der Waals surface area contributed by atoms with Crippen molar-refractivity contribution < 1.29 is 9.53 Å². The Hall–Kier alpha value is -2.30. The molecule has 1 aromatic carbocycles. The first-order chi connectivity index (χ1) is 10.4. The number of nitrogens with zero attached hydrogens (tertiary/aromatic N) is 2. The smallest absolute Gasteiger partial charge is 0.263 e. The zero-order valence-electron chi connectivity index (χ0n) is 13.8. The van der Waals surface area contributed by atoms with Gasteiger partial charge in [0.2, 0.25) is 0 Å². The number of carbonyl (C=O) groups excluding carboxylic acids is 1. The summed E-state index contributed by atoms with van der Waals surface area (Å²) >= 11 is 0. The van der Waals surface area contributed by atoms with E-state index in [1.54, 1.807) is 25.1 Å². The molecule has 1 unspecified atom stereocenters. The number of aromatic nitrogens is 2. The predicted molar refractivity (Wildman–Crippen MR) is 85.8 cm³/mol. The highest BCUT2D eigenvalue weighted by atomic mass is 16.5.